The fraction of sp³-hybridized carbons (Fsp3) is 0. The second-order valence-electron chi connectivity index (χ2n) is 13.4. The molecule has 0 atom stereocenters. The summed E-state index contributed by atoms with van der Waals surface area (Å²) in [6.45, 7) is 0. The lowest BCUT2D eigenvalue weighted by atomic mass is 10.0. The summed E-state index contributed by atoms with van der Waals surface area (Å²) in [6.07, 6.45) is 0. The topological polar surface area (TPSA) is 35.6 Å². The molecule has 52 heavy (non-hydrogen) atoms. The van der Waals surface area contributed by atoms with Gasteiger partial charge in [0, 0.05) is 38.2 Å². The van der Waals surface area contributed by atoms with Crippen LogP contribution in [0.5, 0.6) is 0 Å². The quantitative estimate of drug-likeness (QED) is 0.176. The van der Waals surface area contributed by atoms with Crippen LogP contribution >= 0.6 is 0 Å². The fourth-order valence-corrected chi connectivity index (χ4v) is 8.17. The van der Waals surface area contributed by atoms with Crippen LogP contribution in [0.4, 0.5) is 0 Å². The van der Waals surface area contributed by atoms with Gasteiger partial charge in [-0.2, -0.15) is 0 Å². The molecule has 0 aliphatic carbocycles. The molecule has 4 heteroatoms. The molecule has 0 unspecified atom stereocenters. The lowest BCUT2D eigenvalue weighted by molar-refractivity contribution is 1.01. The third-order valence-corrected chi connectivity index (χ3v) is 10.5. The molecule has 0 saturated heterocycles. The minimum absolute atomic E-state index is 0.663. The Balaban J connectivity index is 1.13. The standard InChI is InChI=1S/C48H30N4/c1-3-14-32(15-4-1)47-46-36-18-8-7-13-31(36)23-26-41(46)49-48(50-47)52-43-22-12-10-20-38(43)40-30-34(25-28-45(40)52)33-24-27-44-39(29-33)37-19-9-11-21-42(37)51(44)35-16-5-2-6-17-35/h1-30H. The van der Waals surface area contributed by atoms with Gasteiger partial charge in [0.15, 0.2) is 0 Å². The van der Waals surface area contributed by atoms with Gasteiger partial charge in [-0.3, -0.25) is 4.57 Å². The number of aromatic nitrogens is 4. The van der Waals surface area contributed by atoms with Crippen LogP contribution in [0.15, 0.2) is 182 Å². The van der Waals surface area contributed by atoms with Gasteiger partial charge < -0.3 is 4.57 Å². The van der Waals surface area contributed by atoms with E-state index < -0.39 is 0 Å². The van der Waals surface area contributed by atoms with Crippen molar-refractivity contribution < 1.29 is 0 Å². The van der Waals surface area contributed by atoms with Crippen molar-refractivity contribution in [2.24, 2.45) is 0 Å². The maximum Gasteiger partial charge on any atom is 0.235 e. The molecular weight excluding hydrogens is 633 g/mol. The van der Waals surface area contributed by atoms with Gasteiger partial charge in [0.05, 0.1) is 33.3 Å². The Labute approximate surface area is 299 Å². The molecule has 0 spiro atoms. The summed E-state index contributed by atoms with van der Waals surface area (Å²) in [5.74, 6) is 0.663. The van der Waals surface area contributed by atoms with Crippen LogP contribution in [0.2, 0.25) is 0 Å². The highest BCUT2D eigenvalue weighted by Gasteiger charge is 2.19. The first-order chi connectivity index (χ1) is 25.8. The maximum atomic E-state index is 5.38. The van der Waals surface area contributed by atoms with Gasteiger partial charge in [-0.25, -0.2) is 9.97 Å². The number of hydrogen-bond donors (Lipinski definition) is 0. The molecule has 0 aliphatic heterocycles. The van der Waals surface area contributed by atoms with Crippen LogP contribution in [0, 0.1) is 0 Å². The number of fused-ring (bicyclic) bond motifs is 9. The predicted molar refractivity (Wildman–Crippen MR) is 217 cm³/mol. The number of para-hydroxylation sites is 3. The van der Waals surface area contributed by atoms with E-state index in [4.69, 9.17) is 9.97 Å². The summed E-state index contributed by atoms with van der Waals surface area (Å²) in [4.78, 5) is 10.7. The van der Waals surface area contributed by atoms with Crippen molar-refractivity contribution in [1.82, 2.24) is 19.1 Å². The minimum atomic E-state index is 0.663. The first-order valence-electron chi connectivity index (χ1n) is 17.7. The van der Waals surface area contributed by atoms with Gasteiger partial charge in [0.2, 0.25) is 5.95 Å². The predicted octanol–water partition coefficient (Wildman–Crippen LogP) is 12.3. The van der Waals surface area contributed by atoms with E-state index in [0.717, 1.165) is 44.3 Å². The first-order valence-corrected chi connectivity index (χ1v) is 17.7. The second kappa shape index (κ2) is 11.2. The zero-order chi connectivity index (χ0) is 34.2. The Morgan fingerprint density at radius 2 is 0.885 bits per heavy atom. The molecular formula is C48H30N4. The fourth-order valence-electron chi connectivity index (χ4n) is 8.17. The normalized spacial score (nSPS) is 11.8. The van der Waals surface area contributed by atoms with Crippen LogP contribution in [-0.2, 0) is 0 Å². The molecule has 0 bridgehead atoms. The molecule has 0 fully saturated rings. The van der Waals surface area contributed by atoms with Crippen LogP contribution in [-0.4, -0.2) is 19.1 Å². The first kappa shape index (κ1) is 28.8. The van der Waals surface area contributed by atoms with E-state index >= 15 is 0 Å². The molecule has 0 aliphatic rings. The SMILES string of the molecule is c1ccc(-c2nc(-n3c4ccccc4c4cc(-c5ccc6c(c5)c5ccccc5n6-c5ccccc5)ccc43)nc3ccc4ccccc4c23)cc1. The van der Waals surface area contributed by atoms with Crippen molar-refractivity contribution in [2.45, 2.75) is 0 Å². The highest BCUT2D eigenvalue weighted by molar-refractivity contribution is 6.14. The van der Waals surface area contributed by atoms with E-state index in [1.54, 1.807) is 0 Å². The zero-order valence-electron chi connectivity index (χ0n) is 28.1. The third kappa shape index (κ3) is 4.28. The van der Waals surface area contributed by atoms with E-state index in [1.807, 2.05) is 0 Å². The largest absolute Gasteiger partial charge is 0.309 e. The number of hydrogen-bond acceptors (Lipinski definition) is 2. The van der Waals surface area contributed by atoms with Crippen molar-refractivity contribution in [2.75, 3.05) is 0 Å². The Morgan fingerprint density at radius 1 is 0.346 bits per heavy atom. The maximum absolute atomic E-state index is 5.38. The van der Waals surface area contributed by atoms with Crippen LogP contribution in [0.1, 0.15) is 0 Å². The van der Waals surface area contributed by atoms with Gasteiger partial charge in [-0.1, -0.05) is 127 Å². The third-order valence-electron chi connectivity index (χ3n) is 10.5. The monoisotopic (exact) mass is 662 g/mol. The van der Waals surface area contributed by atoms with E-state index in [-0.39, 0.29) is 0 Å². The van der Waals surface area contributed by atoms with Crippen LogP contribution < -0.4 is 0 Å². The summed E-state index contributed by atoms with van der Waals surface area (Å²) >= 11 is 0. The Hall–Kier alpha value is -7.04. The summed E-state index contributed by atoms with van der Waals surface area (Å²) < 4.78 is 4.59. The average molecular weight is 663 g/mol. The van der Waals surface area contributed by atoms with Crippen LogP contribution in [0.25, 0.3) is 99.3 Å². The van der Waals surface area contributed by atoms with Crippen LogP contribution in [0.3, 0.4) is 0 Å². The van der Waals surface area contributed by atoms with Gasteiger partial charge >= 0.3 is 0 Å². The van der Waals surface area contributed by atoms with Crippen molar-refractivity contribution >= 4 is 65.3 Å². The van der Waals surface area contributed by atoms with Crippen molar-refractivity contribution in [3.63, 3.8) is 0 Å². The Bertz CT molecular complexity index is 3170. The lowest BCUT2D eigenvalue weighted by Crippen LogP contribution is -2.03. The van der Waals surface area contributed by atoms with Crippen molar-refractivity contribution in [3.05, 3.63) is 182 Å². The number of nitrogens with zero attached hydrogens (tertiary/aromatic N) is 4. The molecule has 4 nitrogen and oxygen atoms in total. The smallest absolute Gasteiger partial charge is 0.235 e. The number of rotatable bonds is 4. The molecule has 242 valence electrons. The lowest BCUT2D eigenvalue weighted by Gasteiger charge is -2.13. The summed E-state index contributed by atoms with van der Waals surface area (Å²) in [5.41, 5.74) is 11.0. The van der Waals surface area contributed by atoms with Gasteiger partial charge in [-0.15, -0.1) is 0 Å². The molecule has 8 aromatic carbocycles. The molecule has 11 rings (SSSR count). The molecule has 0 N–H and O–H groups in total. The molecule has 3 aromatic heterocycles. The van der Waals surface area contributed by atoms with Crippen molar-refractivity contribution in [1.29, 1.82) is 0 Å². The Kier molecular flexibility index (Phi) is 6.22. The molecule has 0 saturated carbocycles. The summed E-state index contributed by atoms with van der Waals surface area (Å²) in [6, 6.07) is 64.9. The van der Waals surface area contributed by atoms with E-state index in [0.29, 0.717) is 5.95 Å². The van der Waals surface area contributed by atoms with Gasteiger partial charge in [-0.05, 0) is 76.5 Å². The molecule has 11 aromatic rings. The van der Waals surface area contributed by atoms with Crippen molar-refractivity contribution in [3.8, 4) is 34.0 Å². The van der Waals surface area contributed by atoms with Gasteiger partial charge in [0.1, 0.15) is 0 Å². The second-order valence-corrected chi connectivity index (χ2v) is 13.4. The zero-order valence-corrected chi connectivity index (χ0v) is 28.1. The minimum Gasteiger partial charge on any atom is -0.309 e. The summed E-state index contributed by atoms with van der Waals surface area (Å²) in [5, 5.41) is 8.23. The summed E-state index contributed by atoms with van der Waals surface area (Å²) in [7, 11) is 0. The van der Waals surface area contributed by atoms with E-state index in [9.17, 15) is 0 Å². The van der Waals surface area contributed by atoms with Gasteiger partial charge in [0.25, 0.3) is 0 Å². The molecule has 0 radical (unpaired) electrons. The molecule has 3 heterocycles. The van der Waals surface area contributed by atoms with E-state index in [2.05, 4.69) is 191 Å². The van der Waals surface area contributed by atoms with E-state index in [1.165, 1.54) is 49.1 Å². The average Bonchev–Trinajstić information content (AvgIpc) is 3.73. The Morgan fingerprint density at radius 3 is 1.58 bits per heavy atom. The highest BCUT2D eigenvalue weighted by atomic mass is 15.2. The molecule has 0 amide bonds. The number of benzene rings is 8. The highest BCUT2D eigenvalue weighted by Crippen LogP contribution is 2.39.